The van der Waals surface area contributed by atoms with Crippen molar-refractivity contribution in [1.29, 1.82) is 5.26 Å². The maximum Gasteiger partial charge on any atom is 0.254 e. The highest BCUT2D eigenvalue weighted by Gasteiger charge is 2.26. The summed E-state index contributed by atoms with van der Waals surface area (Å²) >= 11 is 6.10. The lowest BCUT2D eigenvalue weighted by Gasteiger charge is -2.29. The molecule has 1 aromatic carbocycles. The first-order valence-electron chi connectivity index (χ1n) is 9.99. The predicted octanol–water partition coefficient (Wildman–Crippen LogP) is 4.67. The summed E-state index contributed by atoms with van der Waals surface area (Å²) in [6.07, 6.45) is 2.91. The number of rotatable bonds is 5. The Kier molecular flexibility index (Phi) is 6.16. The van der Waals surface area contributed by atoms with Gasteiger partial charge in [0.25, 0.3) is 5.91 Å². The monoisotopic (exact) mass is 460 g/mol. The molecule has 3 aromatic heterocycles. The number of hydrogen-bond acceptors (Lipinski definition) is 6. The summed E-state index contributed by atoms with van der Waals surface area (Å²) in [5.74, 6) is -0.662. The molecule has 3 heterocycles. The zero-order valence-electron chi connectivity index (χ0n) is 17.5. The number of carbonyl (C=O) groups excluding carboxylic acids is 1. The Morgan fingerprint density at radius 2 is 2.06 bits per heavy atom. The third kappa shape index (κ3) is 4.59. The van der Waals surface area contributed by atoms with Crippen LogP contribution in [0.25, 0.3) is 10.9 Å². The average molecular weight is 461 g/mol. The van der Waals surface area contributed by atoms with E-state index < -0.39 is 11.9 Å². The zero-order valence-corrected chi connectivity index (χ0v) is 18.3. The van der Waals surface area contributed by atoms with Gasteiger partial charge in [-0.15, -0.1) is 0 Å². The molecule has 7 nitrogen and oxygen atoms in total. The summed E-state index contributed by atoms with van der Waals surface area (Å²) in [5.41, 5.74) is 7.81. The number of carbonyl (C=O) groups is 1. The summed E-state index contributed by atoms with van der Waals surface area (Å²) < 4.78 is 14.5. The SMILES string of the molecule is C[C@H](c1ncccc1F)N(Cc1ccc(C#N)cn1)C(=O)c1ccc2nc(N)c(Cl)cc2c1. The van der Waals surface area contributed by atoms with Crippen molar-refractivity contribution in [2.75, 3.05) is 5.73 Å². The smallest absolute Gasteiger partial charge is 0.254 e. The van der Waals surface area contributed by atoms with Crippen molar-refractivity contribution in [3.63, 3.8) is 0 Å². The van der Waals surface area contributed by atoms with Crippen LogP contribution in [0.15, 0.2) is 60.9 Å². The second-order valence-electron chi connectivity index (χ2n) is 7.39. The van der Waals surface area contributed by atoms with Crippen LogP contribution in [0, 0.1) is 17.1 Å². The van der Waals surface area contributed by atoms with Gasteiger partial charge in [0.05, 0.1) is 40.1 Å². The minimum Gasteiger partial charge on any atom is -0.382 e. The first kappa shape index (κ1) is 22.1. The van der Waals surface area contributed by atoms with E-state index in [0.29, 0.717) is 27.7 Å². The van der Waals surface area contributed by atoms with E-state index in [0.717, 1.165) is 0 Å². The van der Waals surface area contributed by atoms with Gasteiger partial charge < -0.3 is 10.6 Å². The van der Waals surface area contributed by atoms with Crippen molar-refractivity contribution in [2.24, 2.45) is 0 Å². The lowest BCUT2D eigenvalue weighted by molar-refractivity contribution is 0.0664. The maximum absolute atomic E-state index is 14.5. The molecule has 0 aliphatic heterocycles. The second kappa shape index (κ2) is 9.18. The summed E-state index contributed by atoms with van der Waals surface area (Å²) in [4.78, 5) is 27.7. The van der Waals surface area contributed by atoms with Crippen LogP contribution in [0.1, 0.15) is 40.3 Å². The number of pyridine rings is 3. The van der Waals surface area contributed by atoms with E-state index in [-0.39, 0.29) is 29.0 Å². The minimum atomic E-state index is -0.694. The van der Waals surface area contributed by atoms with Crippen LogP contribution < -0.4 is 5.73 Å². The molecule has 4 rings (SSSR count). The third-order valence-corrected chi connectivity index (χ3v) is 5.54. The lowest BCUT2D eigenvalue weighted by Crippen LogP contribution is -2.34. The van der Waals surface area contributed by atoms with Crippen LogP contribution in [-0.4, -0.2) is 25.8 Å². The number of amides is 1. The average Bonchev–Trinajstić information content (AvgIpc) is 2.83. The van der Waals surface area contributed by atoms with Gasteiger partial charge in [-0.3, -0.25) is 14.8 Å². The van der Waals surface area contributed by atoms with Gasteiger partial charge in [-0.1, -0.05) is 11.6 Å². The highest BCUT2D eigenvalue weighted by molar-refractivity contribution is 6.33. The molecule has 0 radical (unpaired) electrons. The number of fused-ring (bicyclic) bond motifs is 1. The molecule has 0 aliphatic rings. The van der Waals surface area contributed by atoms with E-state index in [1.165, 1.54) is 29.4 Å². The molecule has 0 bridgehead atoms. The van der Waals surface area contributed by atoms with Crippen molar-refractivity contribution >= 4 is 34.2 Å². The molecule has 1 amide bonds. The fourth-order valence-corrected chi connectivity index (χ4v) is 3.62. The maximum atomic E-state index is 14.5. The summed E-state index contributed by atoms with van der Waals surface area (Å²) in [6.45, 7) is 1.79. The van der Waals surface area contributed by atoms with E-state index in [4.69, 9.17) is 22.6 Å². The fourth-order valence-electron chi connectivity index (χ4n) is 3.46. The van der Waals surface area contributed by atoms with Gasteiger partial charge in [0.2, 0.25) is 0 Å². The van der Waals surface area contributed by atoms with Crippen LogP contribution >= 0.6 is 11.6 Å². The van der Waals surface area contributed by atoms with Gasteiger partial charge in [-0.2, -0.15) is 5.26 Å². The van der Waals surface area contributed by atoms with Crippen molar-refractivity contribution in [2.45, 2.75) is 19.5 Å². The second-order valence-corrected chi connectivity index (χ2v) is 7.80. The first-order valence-corrected chi connectivity index (χ1v) is 10.4. The highest BCUT2D eigenvalue weighted by atomic mass is 35.5. The number of nitriles is 1. The van der Waals surface area contributed by atoms with Gasteiger partial charge in [-0.25, -0.2) is 9.37 Å². The van der Waals surface area contributed by atoms with E-state index in [2.05, 4.69) is 15.0 Å². The number of aromatic nitrogens is 3. The number of hydrogen-bond donors (Lipinski definition) is 1. The molecule has 4 aromatic rings. The molecule has 2 N–H and O–H groups in total. The van der Waals surface area contributed by atoms with Crippen LogP contribution in [-0.2, 0) is 6.54 Å². The lowest BCUT2D eigenvalue weighted by atomic mass is 10.1. The largest absolute Gasteiger partial charge is 0.382 e. The number of nitrogens with zero attached hydrogens (tertiary/aromatic N) is 5. The topological polar surface area (TPSA) is 109 Å². The quantitative estimate of drug-likeness (QED) is 0.463. The van der Waals surface area contributed by atoms with Gasteiger partial charge in [-0.05, 0) is 55.5 Å². The van der Waals surface area contributed by atoms with Crippen molar-refractivity contribution in [1.82, 2.24) is 19.9 Å². The third-order valence-electron chi connectivity index (χ3n) is 5.24. The highest BCUT2D eigenvalue weighted by Crippen LogP contribution is 2.27. The molecule has 33 heavy (non-hydrogen) atoms. The molecule has 0 saturated heterocycles. The van der Waals surface area contributed by atoms with Crippen LogP contribution in [0.2, 0.25) is 5.02 Å². The standard InChI is InChI=1S/C24H18ClFN6O/c1-14(22-20(26)3-2-8-29-22)32(13-18-6-4-15(11-27)12-30-18)24(33)16-5-7-21-17(9-16)10-19(25)23(28)31-21/h2-10,12,14H,13H2,1H3,(H2,28,31)/t14-/m1/s1. The fraction of sp³-hybridized carbons (Fsp3) is 0.125. The number of nitrogen functional groups attached to an aromatic ring is 1. The Morgan fingerprint density at radius 1 is 1.24 bits per heavy atom. The van der Waals surface area contributed by atoms with E-state index in [9.17, 15) is 9.18 Å². The number of benzene rings is 1. The van der Waals surface area contributed by atoms with E-state index >= 15 is 0 Å². The summed E-state index contributed by atoms with van der Waals surface area (Å²) in [5, 5.41) is 9.94. The van der Waals surface area contributed by atoms with Crippen LogP contribution in [0.5, 0.6) is 0 Å². The van der Waals surface area contributed by atoms with Crippen molar-refractivity contribution in [3.05, 3.63) is 94.3 Å². The number of halogens is 2. The molecule has 1 atom stereocenters. The molecule has 0 unspecified atom stereocenters. The Balaban J connectivity index is 1.75. The van der Waals surface area contributed by atoms with E-state index in [1.807, 2.05) is 6.07 Å². The molecular weight excluding hydrogens is 443 g/mol. The van der Waals surface area contributed by atoms with Gasteiger partial charge in [0.1, 0.15) is 17.7 Å². The predicted molar refractivity (Wildman–Crippen MR) is 123 cm³/mol. The number of anilines is 1. The van der Waals surface area contributed by atoms with Gasteiger partial charge >= 0.3 is 0 Å². The number of nitrogens with two attached hydrogens (primary N) is 1. The van der Waals surface area contributed by atoms with Gasteiger partial charge in [0, 0.05) is 23.3 Å². The Hall–Kier alpha value is -4.09. The normalized spacial score (nSPS) is 11.7. The Bertz CT molecular complexity index is 1390. The zero-order chi connectivity index (χ0) is 23.5. The molecule has 0 spiro atoms. The first-order chi connectivity index (χ1) is 15.9. The molecule has 9 heteroatoms. The molecule has 0 fully saturated rings. The summed E-state index contributed by atoms with van der Waals surface area (Å²) in [6, 6.07) is 14.0. The summed E-state index contributed by atoms with van der Waals surface area (Å²) in [7, 11) is 0. The van der Waals surface area contributed by atoms with Crippen LogP contribution in [0.3, 0.4) is 0 Å². The molecular formula is C24H18ClFN6O. The van der Waals surface area contributed by atoms with Gasteiger partial charge in [0.15, 0.2) is 0 Å². The molecule has 0 aliphatic carbocycles. The minimum absolute atomic E-state index is 0.0838. The molecule has 0 saturated carbocycles. The van der Waals surface area contributed by atoms with Crippen LogP contribution in [0.4, 0.5) is 10.2 Å². The van der Waals surface area contributed by atoms with Crippen molar-refractivity contribution in [3.8, 4) is 6.07 Å². The molecule has 164 valence electrons. The Morgan fingerprint density at radius 3 is 2.76 bits per heavy atom. The van der Waals surface area contributed by atoms with Crippen molar-refractivity contribution < 1.29 is 9.18 Å². The Labute approximate surface area is 194 Å². The van der Waals surface area contributed by atoms with E-state index in [1.54, 1.807) is 43.3 Å².